The summed E-state index contributed by atoms with van der Waals surface area (Å²) in [5.74, 6) is -3.14. The summed E-state index contributed by atoms with van der Waals surface area (Å²) in [7, 11) is 0. The van der Waals surface area contributed by atoms with E-state index < -0.39 is 30.3 Å². The molecule has 0 saturated heterocycles. The number of carboxylic acids is 2. The number of hydrogen-bond acceptors (Lipinski definition) is 4. The van der Waals surface area contributed by atoms with Crippen molar-refractivity contribution in [2.24, 2.45) is 5.73 Å². The molecule has 0 saturated carbocycles. The van der Waals surface area contributed by atoms with Crippen LogP contribution in [0.15, 0.2) is 0 Å². The van der Waals surface area contributed by atoms with Gasteiger partial charge in [0, 0.05) is 6.42 Å². The van der Waals surface area contributed by atoms with Crippen molar-refractivity contribution in [3.8, 4) is 0 Å². The number of carbonyl (C=O) groups is 3. The first-order valence-corrected chi connectivity index (χ1v) is 4.41. The van der Waals surface area contributed by atoms with Gasteiger partial charge >= 0.3 is 11.9 Å². The molecule has 5 N–H and O–H groups in total. The Bertz CT molecular complexity index is 253. The number of hydrogen-bond donors (Lipinski definition) is 4. The first-order chi connectivity index (χ1) is 6.97. The summed E-state index contributed by atoms with van der Waals surface area (Å²) in [5.41, 5.74) is 5.16. The SMILES string of the molecule is NCCCC(=O)N[C@H](CC(=O)O)C(=O)O. The van der Waals surface area contributed by atoms with Crippen LogP contribution in [0.1, 0.15) is 19.3 Å². The van der Waals surface area contributed by atoms with Gasteiger partial charge in [0.25, 0.3) is 0 Å². The molecule has 0 aromatic carbocycles. The van der Waals surface area contributed by atoms with Crippen molar-refractivity contribution in [3.05, 3.63) is 0 Å². The van der Waals surface area contributed by atoms with Crippen LogP contribution in [-0.4, -0.2) is 40.6 Å². The minimum Gasteiger partial charge on any atom is -0.481 e. The Morgan fingerprint density at radius 3 is 2.27 bits per heavy atom. The van der Waals surface area contributed by atoms with Crippen LogP contribution in [0, 0.1) is 0 Å². The number of amides is 1. The molecular weight excluding hydrogens is 204 g/mol. The smallest absolute Gasteiger partial charge is 0.326 e. The number of carboxylic acid groups (broad SMARTS) is 2. The van der Waals surface area contributed by atoms with E-state index in [1.54, 1.807) is 0 Å². The second-order valence-corrected chi connectivity index (χ2v) is 2.95. The summed E-state index contributed by atoms with van der Waals surface area (Å²) in [6.45, 7) is 0.324. The van der Waals surface area contributed by atoms with Gasteiger partial charge in [0.1, 0.15) is 6.04 Å². The molecule has 1 atom stereocenters. The van der Waals surface area contributed by atoms with Gasteiger partial charge in [0.2, 0.25) is 5.91 Å². The van der Waals surface area contributed by atoms with E-state index in [2.05, 4.69) is 5.32 Å². The third-order valence-electron chi connectivity index (χ3n) is 1.62. The topological polar surface area (TPSA) is 130 Å². The van der Waals surface area contributed by atoms with E-state index in [0.717, 1.165) is 0 Å². The zero-order chi connectivity index (χ0) is 11.8. The highest BCUT2D eigenvalue weighted by molar-refractivity contribution is 5.86. The molecule has 0 radical (unpaired) electrons. The van der Waals surface area contributed by atoms with Crippen molar-refractivity contribution in [1.82, 2.24) is 5.32 Å². The standard InChI is InChI=1S/C8H14N2O5/c9-3-1-2-6(11)10-5(8(14)15)4-7(12)13/h5H,1-4,9H2,(H,10,11)(H,12,13)(H,14,15)/t5-/m1/s1. The molecule has 1 amide bonds. The molecule has 0 aliphatic heterocycles. The van der Waals surface area contributed by atoms with E-state index >= 15 is 0 Å². The maximum atomic E-state index is 11.1. The van der Waals surface area contributed by atoms with Crippen molar-refractivity contribution in [2.75, 3.05) is 6.54 Å². The Kier molecular flexibility index (Phi) is 6.03. The Labute approximate surface area is 86.3 Å². The lowest BCUT2D eigenvalue weighted by molar-refractivity contribution is -0.147. The number of aliphatic carboxylic acids is 2. The normalized spacial score (nSPS) is 11.8. The minimum absolute atomic E-state index is 0.0971. The Morgan fingerprint density at radius 1 is 1.27 bits per heavy atom. The van der Waals surface area contributed by atoms with Crippen molar-refractivity contribution in [2.45, 2.75) is 25.3 Å². The van der Waals surface area contributed by atoms with Crippen LogP contribution >= 0.6 is 0 Å². The molecule has 0 heterocycles. The summed E-state index contributed by atoms with van der Waals surface area (Å²) >= 11 is 0. The third kappa shape index (κ3) is 6.44. The highest BCUT2D eigenvalue weighted by atomic mass is 16.4. The third-order valence-corrected chi connectivity index (χ3v) is 1.62. The molecule has 0 unspecified atom stereocenters. The fourth-order valence-electron chi connectivity index (χ4n) is 0.904. The molecule has 0 fully saturated rings. The van der Waals surface area contributed by atoms with E-state index in [-0.39, 0.29) is 6.42 Å². The molecular formula is C8H14N2O5. The van der Waals surface area contributed by atoms with Gasteiger partial charge in [-0.15, -0.1) is 0 Å². The summed E-state index contributed by atoms with van der Waals surface area (Å²) in [4.78, 5) is 31.9. The average molecular weight is 218 g/mol. The molecule has 0 aliphatic rings. The van der Waals surface area contributed by atoms with Crippen LogP contribution in [0.3, 0.4) is 0 Å². The predicted molar refractivity (Wildman–Crippen MR) is 50.1 cm³/mol. The molecule has 7 heteroatoms. The van der Waals surface area contributed by atoms with E-state index in [9.17, 15) is 14.4 Å². The fourth-order valence-corrected chi connectivity index (χ4v) is 0.904. The lowest BCUT2D eigenvalue weighted by Gasteiger charge is -2.11. The van der Waals surface area contributed by atoms with E-state index in [1.807, 2.05) is 0 Å². The second-order valence-electron chi connectivity index (χ2n) is 2.95. The van der Waals surface area contributed by atoms with Crippen LogP contribution in [0.4, 0.5) is 0 Å². The van der Waals surface area contributed by atoms with Gasteiger partial charge in [0.05, 0.1) is 6.42 Å². The van der Waals surface area contributed by atoms with Gasteiger partial charge in [-0.2, -0.15) is 0 Å². The average Bonchev–Trinajstić information content (AvgIpc) is 2.12. The van der Waals surface area contributed by atoms with Gasteiger partial charge in [-0.3, -0.25) is 9.59 Å². The highest BCUT2D eigenvalue weighted by Gasteiger charge is 2.22. The van der Waals surface area contributed by atoms with Crippen molar-refractivity contribution in [1.29, 1.82) is 0 Å². The van der Waals surface area contributed by atoms with Crippen molar-refractivity contribution < 1.29 is 24.6 Å². The van der Waals surface area contributed by atoms with Gasteiger partial charge in [-0.25, -0.2) is 4.79 Å². The van der Waals surface area contributed by atoms with Crippen LogP contribution in [0.2, 0.25) is 0 Å². The van der Waals surface area contributed by atoms with Crippen LogP contribution in [-0.2, 0) is 14.4 Å². The van der Waals surface area contributed by atoms with Crippen molar-refractivity contribution >= 4 is 17.8 Å². The monoisotopic (exact) mass is 218 g/mol. The number of rotatable bonds is 7. The molecule has 15 heavy (non-hydrogen) atoms. The lowest BCUT2D eigenvalue weighted by Crippen LogP contribution is -2.42. The van der Waals surface area contributed by atoms with Crippen LogP contribution in [0.25, 0.3) is 0 Å². The van der Waals surface area contributed by atoms with Crippen LogP contribution in [0.5, 0.6) is 0 Å². The molecule has 0 aromatic heterocycles. The predicted octanol–water partition coefficient (Wildman–Crippen LogP) is -1.23. The molecule has 86 valence electrons. The quantitative estimate of drug-likeness (QED) is 0.423. The largest absolute Gasteiger partial charge is 0.481 e. The summed E-state index contributed by atoms with van der Waals surface area (Å²) in [5, 5.41) is 19.1. The van der Waals surface area contributed by atoms with Crippen LogP contribution < -0.4 is 11.1 Å². The molecule has 0 aromatic rings. The first kappa shape index (κ1) is 13.4. The molecule has 7 nitrogen and oxygen atoms in total. The summed E-state index contributed by atoms with van der Waals surface area (Å²) in [6.07, 6.45) is -0.102. The van der Waals surface area contributed by atoms with Gasteiger partial charge in [0.15, 0.2) is 0 Å². The number of carbonyl (C=O) groups excluding carboxylic acids is 1. The second kappa shape index (κ2) is 6.77. The van der Waals surface area contributed by atoms with Gasteiger partial charge in [-0.05, 0) is 13.0 Å². The maximum Gasteiger partial charge on any atom is 0.326 e. The number of nitrogens with one attached hydrogen (secondary N) is 1. The molecule has 0 rings (SSSR count). The van der Waals surface area contributed by atoms with Gasteiger partial charge < -0.3 is 21.3 Å². The fraction of sp³-hybridized carbons (Fsp3) is 0.625. The van der Waals surface area contributed by atoms with E-state index in [4.69, 9.17) is 15.9 Å². The Hall–Kier alpha value is -1.63. The van der Waals surface area contributed by atoms with Crippen molar-refractivity contribution in [3.63, 3.8) is 0 Å². The highest BCUT2D eigenvalue weighted by Crippen LogP contribution is 1.95. The molecule has 0 aliphatic carbocycles. The Morgan fingerprint density at radius 2 is 1.87 bits per heavy atom. The summed E-state index contributed by atoms with van der Waals surface area (Å²) in [6, 6.07) is -1.38. The first-order valence-electron chi connectivity index (χ1n) is 4.41. The summed E-state index contributed by atoms with van der Waals surface area (Å²) < 4.78 is 0. The zero-order valence-corrected chi connectivity index (χ0v) is 8.10. The zero-order valence-electron chi connectivity index (χ0n) is 8.10. The number of nitrogens with two attached hydrogens (primary N) is 1. The minimum atomic E-state index is -1.38. The van der Waals surface area contributed by atoms with Gasteiger partial charge in [-0.1, -0.05) is 0 Å². The molecule has 0 spiro atoms. The van der Waals surface area contributed by atoms with E-state index in [1.165, 1.54) is 0 Å². The maximum absolute atomic E-state index is 11.1. The molecule has 0 bridgehead atoms. The Balaban J connectivity index is 4.10. The lowest BCUT2D eigenvalue weighted by atomic mass is 10.2. The van der Waals surface area contributed by atoms with E-state index in [0.29, 0.717) is 13.0 Å².